The molecule has 2 rings (SSSR count). The highest BCUT2D eigenvalue weighted by atomic mass is 35.5. The zero-order chi connectivity index (χ0) is 11.8. The van der Waals surface area contributed by atoms with Crippen LogP contribution < -0.4 is 5.32 Å². The Morgan fingerprint density at radius 1 is 1.62 bits per heavy atom. The summed E-state index contributed by atoms with van der Waals surface area (Å²) < 4.78 is 0. The van der Waals surface area contributed by atoms with Crippen molar-refractivity contribution in [2.24, 2.45) is 11.3 Å². The lowest BCUT2D eigenvalue weighted by molar-refractivity contribution is 0.426. The third kappa shape index (κ3) is 2.38. The smallest absolute Gasteiger partial charge is 0.0621 e. The summed E-state index contributed by atoms with van der Waals surface area (Å²) in [7, 11) is 2.04. The largest absolute Gasteiger partial charge is 0.316 e. The van der Waals surface area contributed by atoms with Crippen molar-refractivity contribution in [1.82, 2.24) is 10.3 Å². The van der Waals surface area contributed by atoms with Crippen molar-refractivity contribution in [3.8, 4) is 0 Å². The minimum Gasteiger partial charge on any atom is -0.316 e. The monoisotopic (exact) mass is 238 g/mol. The van der Waals surface area contributed by atoms with Gasteiger partial charge in [-0.1, -0.05) is 25.4 Å². The van der Waals surface area contributed by atoms with Gasteiger partial charge in [0.2, 0.25) is 0 Å². The summed E-state index contributed by atoms with van der Waals surface area (Å²) in [6.45, 7) is 4.66. The van der Waals surface area contributed by atoms with Crippen LogP contribution in [0.15, 0.2) is 18.5 Å². The topological polar surface area (TPSA) is 24.9 Å². The molecule has 16 heavy (non-hydrogen) atoms. The molecule has 1 aliphatic rings. The number of rotatable bonds is 4. The molecule has 1 heterocycles. The fourth-order valence-corrected chi connectivity index (χ4v) is 2.64. The van der Waals surface area contributed by atoms with Gasteiger partial charge in [0.25, 0.3) is 0 Å². The third-order valence-electron chi connectivity index (χ3n) is 3.74. The molecule has 2 nitrogen and oxygen atoms in total. The zero-order valence-electron chi connectivity index (χ0n) is 10.1. The highest BCUT2D eigenvalue weighted by Crippen LogP contribution is 2.54. The fourth-order valence-electron chi connectivity index (χ4n) is 2.45. The predicted octanol–water partition coefficient (Wildman–Crippen LogP) is 2.91. The number of nitrogens with one attached hydrogen (secondary N) is 1. The molecule has 0 spiro atoms. The number of aromatic nitrogens is 1. The van der Waals surface area contributed by atoms with E-state index in [9.17, 15) is 0 Å². The predicted molar refractivity (Wildman–Crippen MR) is 67.7 cm³/mol. The fraction of sp³-hybridized carbons (Fsp3) is 0.615. The summed E-state index contributed by atoms with van der Waals surface area (Å²) in [4.78, 5) is 4.01. The summed E-state index contributed by atoms with van der Waals surface area (Å²) in [5.74, 6) is 0.765. The van der Waals surface area contributed by atoms with Crippen LogP contribution in [0, 0.1) is 11.3 Å². The van der Waals surface area contributed by atoms with Crippen molar-refractivity contribution in [2.75, 3.05) is 7.05 Å². The van der Waals surface area contributed by atoms with Crippen LogP contribution in [0.5, 0.6) is 0 Å². The molecule has 3 heteroatoms. The molecule has 0 aromatic carbocycles. The number of hydrogen-bond acceptors (Lipinski definition) is 2. The molecule has 2 unspecified atom stereocenters. The highest BCUT2D eigenvalue weighted by Gasteiger charge is 2.49. The maximum absolute atomic E-state index is 6.13. The Labute approximate surface area is 102 Å². The second-order valence-corrected chi connectivity index (χ2v) is 5.77. The first kappa shape index (κ1) is 11.9. The Bertz CT molecular complexity index is 376. The lowest BCUT2D eigenvalue weighted by Crippen LogP contribution is -2.31. The van der Waals surface area contributed by atoms with Gasteiger partial charge in [0.05, 0.1) is 5.02 Å². The van der Waals surface area contributed by atoms with Crippen molar-refractivity contribution in [3.63, 3.8) is 0 Å². The summed E-state index contributed by atoms with van der Waals surface area (Å²) in [5.41, 5.74) is 1.69. The number of likely N-dealkylation sites (N-methyl/N-ethyl adjacent to an activating group) is 1. The molecule has 1 aliphatic carbocycles. The highest BCUT2D eigenvalue weighted by molar-refractivity contribution is 6.31. The Balaban J connectivity index is 2.06. The van der Waals surface area contributed by atoms with E-state index in [2.05, 4.69) is 24.1 Å². The Hall–Kier alpha value is -0.600. The molecule has 1 aromatic rings. The minimum atomic E-state index is 0.493. The van der Waals surface area contributed by atoms with Crippen LogP contribution in [0.4, 0.5) is 0 Å². The molecule has 2 atom stereocenters. The van der Waals surface area contributed by atoms with E-state index in [1.54, 1.807) is 6.20 Å². The van der Waals surface area contributed by atoms with Crippen molar-refractivity contribution >= 4 is 11.6 Å². The summed E-state index contributed by atoms with van der Waals surface area (Å²) in [5, 5.41) is 4.20. The van der Waals surface area contributed by atoms with E-state index in [1.165, 1.54) is 12.0 Å². The van der Waals surface area contributed by atoms with Gasteiger partial charge in [0, 0.05) is 18.4 Å². The van der Waals surface area contributed by atoms with Crippen molar-refractivity contribution in [2.45, 2.75) is 32.7 Å². The lowest BCUT2D eigenvalue weighted by Gasteiger charge is -2.18. The molecular formula is C13H19ClN2. The normalized spacial score (nSPS) is 24.1. The van der Waals surface area contributed by atoms with Gasteiger partial charge in [-0.25, -0.2) is 0 Å². The van der Waals surface area contributed by atoms with Crippen LogP contribution in [-0.4, -0.2) is 18.1 Å². The first-order valence-electron chi connectivity index (χ1n) is 5.80. The molecule has 88 valence electrons. The van der Waals surface area contributed by atoms with Crippen LogP contribution in [0.3, 0.4) is 0 Å². The third-order valence-corrected chi connectivity index (χ3v) is 4.08. The molecular weight excluding hydrogens is 220 g/mol. The molecule has 1 fully saturated rings. The van der Waals surface area contributed by atoms with Crippen molar-refractivity contribution < 1.29 is 0 Å². The maximum Gasteiger partial charge on any atom is 0.0621 e. The number of halogens is 1. The zero-order valence-corrected chi connectivity index (χ0v) is 10.9. The molecule has 1 saturated carbocycles. The van der Waals surface area contributed by atoms with E-state index in [0.717, 1.165) is 17.4 Å². The van der Waals surface area contributed by atoms with Gasteiger partial charge in [0.1, 0.15) is 0 Å². The van der Waals surface area contributed by atoms with Gasteiger partial charge in [-0.2, -0.15) is 0 Å². The summed E-state index contributed by atoms with van der Waals surface area (Å²) in [6.07, 6.45) is 5.83. The van der Waals surface area contributed by atoms with E-state index in [0.29, 0.717) is 11.5 Å². The van der Waals surface area contributed by atoms with E-state index >= 15 is 0 Å². The molecule has 0 aliphatic heterocycles. The van der Waals surface area contributed by atoms with E-state index < -0.39 is 0 Å². The van der Waals surface area contributed by atoms with Crippen LogP contribution in [0.2, 0.25) is 5.02 Å². The second-order valence-electron chi connectivity index (χ2n) is 5.37. The van der Waals surface area contributed by atoms with Gasteiger partial charge in [0.15, 0.2) is 0 Å². The Kier molecular flexibility index (Phi) is 3.22. The maximum atomic E-state index is 6.13. The number of hydrogen-bond donors (Lipinski definition) is 1. The lowest BCUT2D eigenvalue weighted by atomic mass is 9.98. The molecule has 0 amide bonds. The van der Waals surface area contributed by atoms with E-state index in [1.807, 2.05) is 19.3 Å². The number of nitrogens with zero attached hydrogens (tertiary/aromatic N) is 1. The van der Waals surface area contributed by atoms with Gasteiger partial charge >= 0.3 is 0 Å². The van der Waals surface area contributed by atoms with Crippen molar-refractivity contribution in [1.29, 1.82) is 0 Å². The summed E-state index contributed by atoms with van der Waals surface area (Å²) in [6, 6.07) is 2.54. The molecule has 0 bridgehead atoms. The van der Waals surface area contributed by atoms with Crippen LogP contribution >= 0.6 is 11.6 Å². The molecule has 1 aromatic heterocycles. The van der Waals surface area contributed by atoms with E-state index in [-0.39, 0.29) is 0 Å². The minimum absolute atomic E-state index is 0.493. The number of pyridine rings is 1. The average molecular weight is 239 g/mol. The van der Waals surface area contributed by atoms with Crippen LogP contribution in [0.25, 0.3) is 0 Å². The Morgan fingerprint density at radius 2 is 2.31 bits per heavy atom. The first-order valence-corrected chi connectivity index (χ1v) is 6.18. The molecule has 0 saturated heterocycles. The SMILES string of the molecule is CNC(Cc1ccncc1Cl)C1CC1(C)C. The van der Waals surface area contributed by atoms with Gasteiger partial charge in [-0.3, -0.25) is 4.98 Å². The second kappa shape index (κ2) is 4.34. The van der Waals surface area contributed by atoms with Crippen molar-refractivity contribution in [3.05, 3.63) is 29.0 Å². The summed E-state index contributed by atoms with van der Waals surface area (Å²) >= 11 is 6.13. The van der Waals surface area contributed by atoms with Crippen LogP contribution in [-0.2, 0) is 6.42 Å². The van der Waals surface area contributed by atoms with Crippen LogP contribution in [0.1, 0.15) is 25.8 Å². The van der Waals surface area contributed by atoms with Gasteiger partial charge in [-0.05, 0) is 42.9 Å². The standard InChI is InChI=1S/C13H19ClN2/c1-13(2)7-10(13)12(15-3)6-9-4-5-16-8-11(9)14/h4-5,8,10,12,15H,6-7H2,1-3H3. The average Bonchev–Trinajstić information content (AvgIpc) is 2.86. The Morgan fingerprint density at radius 3 is 2.81 bits per heavy atom. The van der Waals surface area contributed by atoms with Gasteiger partial charge in [-0.15, -0.1) is 0 Å². The van der Waals surface area contributed by atoms with E-state index in [4.69, 9.17) is 11.6 Å². The molecule has 1 N–H and O–H groups in total. The first-order chi connectivity index (χ1) is 7.54. The van der Waals surface area contributed by atoms with Gasteiger partial charge < -0.3 is 5.32 Å². The quantitative estimate of drug-likeness (QED) is 0.873. The molecule has 0 radical (unpaired) electrons.